The van der Waals surface area contributed by atoms with Gasteiger partial charge in [-0.3, -0.25) is 4.72 Å². The van der Waals surface area contributed by atoms with Gasteiger partial charge in [0, 0.05) is 0 Å². The van der Waals surface area contributed by atoms with Crippen molar-refractivity contribution in [2.75, 3.05) is 10.5 Å². The van der Waals surface area contributed by atoms with Crippen molar-refractivity contribution in [1.29, 1.82) is 0 Å². The highest BCUT2D eigenvalue weighted by Crippen LogP contribution is 2.23. The Morgan fingerprint density at radius 3 is 1.96 bits per heavy atom. The van der Waals surface area contributed by atoms with Crippen molar-refractivity contribution in [1.82, 2.24) is 0 Å². The third kappa shape index (κ3) is 9.49. The zero-order valence-electron chi connectivity index (χ0n) is 14.3. The third-order valence-corrected chi connectivity index (χ3v) is 5.29. The number of hydrogen-bond acceptors (Lipinski definition) is 3. The molecule has 0 unspecified atom stereocenters. The Bertz CT molecular complexity index is 529. The van der Waals surface area contributed by atoms with Crippen molar-refractivity contribution in [3.8, 4) is 5.75 Å². The van der Waals surface area contributed by atoms with E-state index in [0.717, 1.165) is 12.8 Å². The van der Waals surface area contributed by atoms with E-state index in [0.29, 0.717) is 6.42 Å². The van der Waals surface area contributed by atoms with Crippen molar-refractivity contribution in [2.45, 2.75) is 71.1 Å². The van der Waals surface area contributed by atoms with Crippen LogP contribution in [0.25, 0.3) is 0 Å². The molecule has 1 rings (SSSR count). The topological polar surface area (TPSA) is 66.4 Å². The summed E-state index contributed by atoms with van der Waals surface area (Å²) >= 11 is 0. The highest BCUT2D eigenvalue weighted by Gasteiger charge is 2.11. The van der Waals surface area contributed by atoms with Crippen LogP contribution in [0.15, 0.2) is 24.3 Å². The van der Waals surface area contributed by atoms with Crippen LogP contribution >= 0.6 is 0 Å². The van der Waals surface area contributed by atoms with Gasteiger partial charge < -0.3 is 5.11 Å². The predicted molar refractivity (Wildman–Crippen MR) is 97.4 cm³/mol. The van der Waals surface area contributed by atoms with E-state index in [2.05, 4.69) is 11.6 Å². The molecule has 5 heteroatoms. The van der Waals surface area contributed by atoms with Crippen LogP contribution in [-0.4, -0.2) is 19.3 Å². The summed E-state index contributed by atoms with van der Waals surface area (Å²) in [7, 11) is -3.37. The van der Waals surface area contributed by atoms with Crippen LogP contribution in [0.5, 0.6) is 5.75 Å². The van der Waals surface area contributed by atoms with Gasteiger partial charge in [-0.1, -0.05) is 76.8 Å². The first-order valence-electron chi connectivity index (χ1n) is 8.83. The van der Waals surface area contributed by atoms with Crippen molar-refractivity contribution in [2.24, 2.45) is 0 Å². The SMILES string of the molecule is CCCCCCCCCCCCS(=O)(=O)Nc1ccccc1O. The number of aromatic hydroxyl groups is 1. The molecule has 0 saturated carbocycles. The second-order valence-electron chi connectivity index (χ2n) is 6.12. The summed E-state index contributed by atoms with van der Waals surface area (Å²) in [5.41, 5.74) is 0.250. The standard InChI is InChI=1S/C18H31NO3S/c1-2-3-4-5-6-7-8-9-10-13-16-23(21,22)19-17-14-11-12-15-18(17)20/h11-12,14-15,19-20H,2-10,13,16H2,1H3. The Kier molecular flexibility index (Phi) is 9.76. The molecule has 0 heterocycles. The van der Waals surface area contributed by atoms with E-state index in [1.165, 1.54) is 51.0 Å². The van der Waals surface area contributed by atoms with Gasteiger partial charge in [0.05, 0.1) is 11.4 Å². The molecule has 0 fully saturated rings. The zero-order valence-corrected chi connectivity index (χ0v) is 15.1. The summed E-state index contributed by atoms with van der Waals surface area (Å²) in [6.45, 7) is 2.22. The van der Waals surface area contributed by atoms with Crippen LogP contribution in [0.3, 0.4) is 0 Å². The average molecular weight is 342 g/mol. The van der Waals surface area contributed by atoms with E-state index in [-0.39, 0.29) is 17.2 Å². The maximum absolute atomic E-state index is 12.0. The Balaban J connectivity index is 2.09. The number of phenolic OH excluding ortho intramolecular Hbond substituents is 1. The number of phenols is 1. The highest BCUT2D eigenvalue weighted by atomic mass is 32.2. The Morgan fingerprint density at radius 2 is 1.39 bits per heavy atom. The molecule has 0 saturated heterocycles. The number of nitrogens with one attached hydrogen (secondary N) is 1. The van der Waals surface area contributed by atoms with Crippen LogP contribution in [0, 0.1) is 0 Å². The van der Waals surface area contributed by atoms with Gasteiger partial charge in [0.25, 0.3) is 0 Å². The van der Waals surface area contributed by atoms with Crippen LogP contribution in [-0.2, 0) is 10.0 Å². The lowest BCUT2D eigenvalue weighted by atomic mass is 10.1. The first-order valence-corrected chi connectivity index (χ1v) is 10.5. The summed E-state index contributed by atoms with van der Waals surface area (Å²) in [5.74, 6) is 0.0665. The summed E-state index contributed by atoms with van der Waals surface area (Å²) in [5, 5.41) is 9.59. The average Bonchev–Trinajstić information content (AvgIpc) is 2.51. The molecule has 0 atom stereocenters. The highest BCUT2D eigenvalue weighted by molar-refractivity contribution is 7.92. The minimum atomic E-state index is -3.37. The molecule has 4 nitrogen and oxygen atoms in total. The number of benzene rings is 1. The third-order valence-electron chi connectivity index (χ3n) is 3.94. The Morgan fingerprint density at radius 1 is 0.870 bits per heavy atom. The smallest absolute Gasteiger partial charge is 0.232 e. The molecule has 0 aromatic heterocycles. The normalized spacial score (nSPS) is 11.5. The molecule has 0 bridgehead atoms. The fourth-order valence-electron chi connectivity index (χ4n) is 2.56. The summed E-state index contributed by atoms with van der Waals surface area (Å²) in [6, 6.07) is 6.39. The second-order valence-corrected chi connectivity index (χ2v) is 7.96. The molecular weight excluding hydrogens is 310 g/mol. The first kappa shape index (κ1) is 19.8. The fourth-order valence-corrected chi connectivity index (χ4v) is 3.75. The number of anilines is 1. The van der Waals surface area contributed by atoms with Crippen LogP contribution in [0.2, 0.25) is 0 Å². The molecule has 0 amide bonds. The second kappa shape index (κ2) is 11.3. The van der Waals surface area contributed by atoms with E-state index in [9.17, 15) is 13.5 Å². The van der Waals surface area contributed by atoms with Gasteiger partial charge in [-0.05, 0) is 18.6 Å². The predicted octanol–water partition coefficient (Wildman–Crippen LogP) is 5.05. The largest absolute Gasteiger partial charge is 0.506 e. The lowest BCUT2D eigenvalue weighted by Gasteiger charge is -2.09. The fraction of sp³-hybridized carbons (Fsp3) is 0.667. The van der Waals surface area contributed by atoms with E-state index >= 15 is 0 Å². The van der Waals surface area contributed by atoms with E-state index < -0.39 is 10.0 Å². The zero-order chi connectivity index (χ0) is 17.0. The van der Waals surface area contributed by atoms with Crippen molar-refractivity contribution < 1.29 is 13.5 Å². The van der Waals surface area contributed by atoms with E-state index in [1.807, 2.05) is 0 Å². The molecule has 1 aromatic rings. The van der Waals surface area contributed by atoms with Crippen molar-refractivity contribution in [3.63, 3.8) is 0 Å². The molecule has 0 aliphatic rings. The molecule has 0 aliphatic heterocycles. The van der Waals surface area contributed by atoms with Crippen LogP contribution in [0.4, 0.5) is 5.69 Å². The molecule has 0 aliphatic carbocycles. The molecular formula is C18H31NO3S. The lowest BCUT2D eigenvalue weighted by molar-refractivity contribution is 0.477. The summed E-state index contributed by atoms with van der Waals surface area (Å²) in [6.07, 6.45) is 11.7. The number of sulfonamides is 1. The monoisotopic (exact) mass is 341 g/mol. The van der Waals surface area contributed by atoms with E-state index in [1.54, 1.807) is 18.2 Å². The van der Waals surface area contributed by atoms with Gasteiger partial charge in [0.1, 0.15) is 5.75 Å². The molecule has 2 N–H and O–H groups in total. The van der Waals surface area contributed by atoms with Gasteiger partial charge >= 0.3 is 0 Å². The minimum absolute atomic E-state index is 0.0425. The van der Waals surface area contributed by atoms with E-state index in [4.69, 9.17) is 0 Å². The van der Waals surface area contributed by atoms with Crippen LogP contribution < -0.4 is 4.72 Å². The maximum atomic E-state index is 12.0. The molecule has 1 aromatic carbocycles. The Labute approximate surface area is 141 Å². The number of unbranched alkanes of at least 4 members (excludes halogenated alkanes) is 9. The van der Waals surface area contributed by atoms with Crippen molar-refractivity contribution >= 4 is 15.7 Å². The van der Waals surface area contributed by atoms with Gasteiger partial charge in [-0.15, -0.1) is 0 Å². The summed E-state index contributed by atoms with van der Waals surface area (Å²) in [4.78, 5) is 0. The first-order chi connectivity index (χ1) is 11.0. The maximum Gasteiger partial charge on any atom is 0.232 e. The number of para-hydroxylation sites is 2. The summed E-state index contributed by atoms with van der Waals surface area (Å²) < 4.78 is 26.4. The quantitative estimate of drug-likeness (QED) is 0.389. The van der Waals surface area contributed by atoms with Gasteiger partial charge in [0.2, 0.25) is 10.0 Å². The minimum Gasteiger partial charge on any atom is -0.506 e. The van der Waals surface area contributed by atoms with Crippen molar-refractivity contribution in [3.05, 3.63) is 24.3 Å². The Hall–Kier alpha value is -1.23. The molecule has 132 valence electrons. The van der Waals surface area contributed by atoms with Gasteiger partial charge in [0.15, 0.2) is 0 Å². The van der Waals surface area contributed by atoms with Crippen LogP contribution in [0.1, 0.15) is 71.1 Å². The lowest BCUT2D eigenvalue weighted by Crippen LogP contribution is -2.16. The number of rotatable bonds is 13. The molecule has 0 spiro atoms. The number of hydrogen-bond donors (Lipinski definition) is 2. The molecule has 0 radical (unpaired) electrons. The van der Waals surface area contributed by atoms with Gasteiger partial charge in [-0.25, -0.2) is 8.42 Å². The molecule has 23 heavy (non-hydrogen) atoms. The van der Waals surface area contributed by atoms with Gasteiger partial charge in [-0.2, -0.15) is 0 Å².